The molecule has 0 aromatic heterocycles. The van der Waals surface area contributed by atoms with Crippen molar-refractivity contribution < 1.29 is 4.39 Å². The van der Waals surface area contributed by atoms with Crippen molar-refractivity contribution >= 4 is 11.6 Å². The van der Waals surface area contributed by atoms with Gasteiger partial charge in [0.25, 0.3) is 0 Å². The summed E-state index contributed by atoms with van der Waals surface area (Å²) in [6, 6.07) is 4.75. The molecule has 0 saturated heterocycles. The molecule has 0 radical (unpaired) electrons. The molecule has 1 N–H and O–H groups in total. The molecule has 0 spiro atoms. The largest absolute Gasteiger partial charge is 0.310 e. The van der Waals surface area contributed by atoms with Gasteiger partial charge in [0.05, 0.1) is 0 Å². The zero-order valence-electron chi connectivity index (χ0n) is 11.5. The monoisotopic (exact) mass is 271 g/mol. The maximum Gasteiger partial charge on any atom is 0.123 e. The predicted octanol–water partition coefficient (Wildman–Crippen LogP) is 4.96. The number of benzene rings is 1. The molecule has 0 saturated carbocycles. The number of rotatable bonds is 7. The highest BCUT2D eigenvalue weighted by Crippen LogP contribution is 2.29. The molecule has 3 heteroatoms. The minimum Gasteiger partial charge on any atom is -0.310 e. The summed E-state index contributed by atoms with van der Waals surface area (Å²) in [5.74, 6) is 0.376. The molecule has 102 valence electrons. The van der Waals surface area contributed by atoms with Crippen LogP contribution in [0.4, 0.5) is 4.39 Å². The number of hydrogen-bond acceptors (Lipinski definition) is 1. The minimum atomic E-state index is -0.221. The molecular weight excluding hydrogens is 249 g/mol. The van der Waals surface area contributed by atoms with Gasteiger partial charge in [-0.25, -0.2) is 4.39 Å². The van der Waals surface area contributed by atoms with Gasteiger partial charge >= 0.3 is 0 Å². The summed E-state index contributed by atoms with van der Waals surface area (Å²) >= 11 is 6.19. The molecular formula is C15H23ClFN. The second kappa shape index (κ2) is 7.75. The fourth-order valence-electron chi connectivity index (χ4n) is 1.99. The van der Waals surface area contributed by atoms with E-state index in [0.29, 0.717) is 10.9 Å². The Kier molecular flexibility index (Phi) is 6.66. The molecule has 2 unspecified atom stereocenters. The highest BCUT2D eigenvalue weighted by Gasteiger charge is 2.17. The predicted molar refractivity (Wildman–Crippen MR) is 76.5 cm³/mol. The van der Waals surface area contributed by atoms with E-state index in [1.54, 1.807) is 12.1 Å². The zero-order chi connectivity index (χ0) is 13.5. The van der Waals surface area contributed by atoms with Gasteiger partial charge in [0.15, 0.2) is 0 Å². The zero-order valence-corrected chi connectivity index (χ0v) is 12.2. The van der Waals surface area contributed by atoms with Crippen LogP contribution in [-0.4, -0.2) is 6.54 Å². The van der Waals surface area contributed by atoms with Crippen molar-refractivity contribution in [3.63, 3.8) is 0 Å². The Hall–Kier alpha value is -0.600. The van der Waals surface area contributed by atoms with E-state index in [2.05, 4.69) is 26.1 Å². The summed E-state index contributed by atoms with van der Waals surface area (Å²) in [5.41, 5.74) is 0.880. The first-order valence-electron chi connectivity index (χ1n) is 6.76. The molecule has 0 aliphatic rings. The Balaban J connectivity index is 2.89. The minimum absolute atomic E-state index is 0.142. The molecule has 0 heterocycles. The van der Waals surface area contributed by atoms with E-state index in [-0.39, 0.29) is 11.9 Å². The van der Waals surface area contributed by atoms with Crippen molar-refractivity contribution in [1.29, 1.82) is 0 Å². The van der Waals surface area contributed by atoms with Crippen LogP contribution in [-0.2, 0) is 0 Å². The van der Waals surface area contributed by atoms with Gasteiger partial charge in [0.1, 0.15) is 5.82 Å². The van der Waals surface area contributed by atoms with Crippen LogP contribution in [0.15, 0.2) is 18.2 Å². The van der Waals surface area contributed by atoms with Crippen molar-refractivity contribution in [2.75, 3.05) is 6.54 Å². The third-order valence-electron chi connectivity index (χ3n) is 3.31. The molecule has 1 aromatic carbocycles. The lowest BCUT2D eigenvalue weighted by Gasteiger charge is -2.23. The maximum absolute atomic E-state index is 13.4. The van der Waals surface area contributed by atoms with Crippen LogP contribution in [0.5, 0.6) is 0 Å². The first-order valence-corrected chi connectivity index (χ1v) is 7.14. The van der Waals surface area contributed by atoms with E-state index in [9.17, 15) is 4.39 Å². The van der Waals surface area contributed by atoms with Crippen molar-refractivity contribution in [3.05, 3.63) is 34.6 Å². The molecule has 0 amide bonds. The molecule has 0 aliphatic carbocycles. The lowest BCUT2D eigenvalue weighted by molar-refractivity contribution is 0.401. The quantitative estimate of drug-likeness (QED) is 0.739. The van der Waals surface area contributed by atoms with Gasteiger partial charge in [0.2, 0.25) is 0 Å². The van der Waals surface area contributed by atoms with Gasteiger partial charge in [-0.3, -0.25) is 0 Å². The van der Waals surface area contributed by atoms with Crippen LogP contribution < -0.4 is 5.32 Å². The van der Waals surface area contributed by atoms with E-state index < -0.39 is 0 Å². The number of nitrogens with one attached hydrogen (secondary N) is 1. The fraction of sp³-hybridized carbons (Fsp3) is 0.600. The Bertz CT molecular complexity index is 368. The van der Waals surface area contributed by atoms with Crippen LogP contribution in [0.2, 0.25) is 5.02 Å². The van der Waals surface area contributed by atoms with Crippen LogP contribution in [0.1, 0.15) is 51.6 Å². The van der Waals surface area contributed by atoms with Crippen molar-refractivity contribution in [1.82, 2.24) is 5.32 Å². The molecule has 1 aromatic rings. The lowest BCUT2D eigenvalue weighted by Crippen LogP contribution is -2.24. The van der Waals surface area contributed by atoms with Gasteiger partial charge in [0, 0.05) is 11.1 Å². The first kappa shape index (κ1) is 15.5. The molecule has 1 rings (SSSR count). The standard InChI is InChI=1S/C15H23ClFN/c1-4-8-18-15(9-11(3)5-2)13-10-12(17)6-7-14(13)16/h6-7,10-11,15,18H,4-5,8-9H2,1-3H3. The van der Waals surface area contributed by atoms with Gasteiger partial charge < -0.3 is 5.32 Å². The first-order chi connectivity index (χ1) is 8.58. The van der Waals surface area contributed by atoms with Gasteiger partial charge in [-0.1, -0.05) is 38.8 Å². The van der Waals surface area contributed by atoms with E-state index in [4.69, 9.17) is 11.6 Å². The molecule has 0 fully saturated rings. The third kappa shape index (κ3) is 4.58. The van der Waals surface area contributed by atoms with Crippen LogP contribution in [0.25, 0.3) is 0 Å². The van der Waals surface area contributed by atoms with Crippen molar-refractivity contribution in [3.8, 4) is 0 Å². The summed E-state index contributed by atoms with van der Waals surface area (Å²) in [4.78, 5) is 0. The maximum atomic E-state index is 13.4. The van der Waals surface area contributed by atoms with E-state index in [1.807, 2.05) is 0 Å². The highest BCUT2D eigenvalue weighted by atomic mass is 35.5. The topological polar surface area (TPSA) is 12.0 Å². The second-order valence-corrected chi connectivity index (χ2v) is 5.33. The van der Waals surface area contributed by atoms with Crippen LogP contribution in [0, 0.1) is 11.7 Å². The normalized spacial score (nSPS) is 14.5. The van der Waals surface area contributed by atoms with E-state index in [0.717, 1.165) is 31.4 Å². The fourth-order valence-corrected chi connectivity index (χ4v) is 2.24. The van der Waals surface area contributed by atoms with Crippen LogP contribution >= 0.6 is 11.6 Å². The summed E-state index contributed by atoms with van der Waals surface area (Å²) in [5, 5.41) is 4.11. The van der Waals surface area contributed by atoms with Gasteiger partial charge in [-0.05, 0) is 49.1 Å². The molecule has 1 nitrogen and oxygen atoms in total. The van der Waals surface area contributed by atoms with Crippen molar-refractivity contribution in [2.45, 2.75) is 46.1 Å². The second-order valence-electron chi connectivity index (χ2n) is 4.92. The van der Waals surface area contributed by atoms with Gasteiger partial charge in [-0.2, -0.15) is 0 Å². The van der Waals surface area contributed by atoms with Crippen LogP contribution in [0.3, 0.4) is 0 Å². The summed E-state index contributed by atoms with van der Waals surface area (Å²) in [6.07, 6.45) is 3.17. The van der Waals surface area contributed by atoms with E-state index in [1.165, 1.54) is 6.07 Å². The molecule has 2 atom stereocenters. The summed E-state index contributed by atoms with van der Waals surface area (Å²) in [7, 11) is 0. The Morgan fingerprint density at radius 1 is 1.33 bits per heavy atom. The summed E-state index contributed by atoms with van der Waals surface area (Å²) < 4.78 is 13.4. The van der Waals surface area contributed by atoms with Crippen molar-refractivity contribution in [2.24, 2.45) is 5.92 Å². The highest BCUT2D eigenvalue weighted by molar-refractivity contribution is 6.31. The number of hydrogen-bond donors (Lipinski definition) is 1. The summed E-state index contributed by atoms with van der Waals surface area (Å²) in [6.45, 7) is 7.44. The van der Waals surface area contributed by atoms with Gasteiger partial charge in [-0.15, -0.1) is 0 Å². The Morgan fingerprint density at radius 3 is 2.67 bits per heavy atom. The van der Waals surface area contributed by atoms with E-state index >= 15 is 0 Å². The molecule has 0 bridgehead atoms. The Morgan fingerprint density at radius 2 is 2.06 bits per heavy atom. The number of halogens is 2. The SMILES string of the molecule is CCCNC(CC(C)CC)c1cc(F)ccc1Cl. The molecule has 0 aliphatic heterocycles. The third-order valence-corrected chi connectivity index (χ3v) is 3.65. The smallest absolute Gasteiger partial charge is 0.123 e. The lowest BCUT2D eigenvalue weighted by atomic mass is 9.94. The average molecular weight is 272 g/mol. The molecule has 18 heavy (non-hydrogen) atoms. The average Bonchev–Trinajstić information content (AvgIpc) is 2.37. The Labute approximate surface area is 115 Å².